The number of Topliss-reactive ketones (excluding diaryl/α,β-unsaturated/α-hetero) is 1. The molecule has 0 bridgehead atoms. The fraction of sp³-hybridized carbons (Fsp3) is 0.333. The standard InChI is InChI=1S/C15H17BrN2OS/c1-4-12-15(16)13(18(2)17-12)9-14(19)10-5-7-11(20-3)8-6-10/h5-8H,4,9H2,1-3H3. The number of hydrogen-bond donors (Lipinski definition) is 0. The molecule has 2 rings (SSSR count). The Kier molecular flexibility index (Phi) is 5.05. The summed E-state index contributed by atoms with van der Waals surface area (Å²) in [5.41, 5.74) is 2.67. The Labute approximate surface area is 131 Å². The van der Waals surface area contributed by atoms with Crippen LogP contribution in [0.1, 0.15) is 28.7 Å². The number of carbonyl (C=O) groups is 1. The van der Waals surface area contributed by atoms with Gasteiger partial charge >= 0.3 is 0 Å². The van der Waals surface area contributed by atoms with Gasteiger partial charge in [0.05, 0.1) is 22.3 Å². The second-order valence-electron chi connectivity index (χ2n) is 4.51. The van der Waals surface area contributed by atoms with Crippen molar-refractivity contribution >= 4 is 33.5 Å². The van der Waals surface area contributed by atoms with Crippen LogP contribution in [0.25, 0.3) is 0 Å². The lowest BCUT2D eigenvalue weighted by Gasteiger charge is -2.04. The van der Waals surface area contributed by atoms with Gasteiger partial charge in [-0.15, -0.1) is 11.8 Å². The maximum absolute atomic E-state index is 12.3. The van der Waals surface area contributed by atoms with Crippen LogP contribution >= 0.6 is 27.7 Å². The smallest absolute Gasteiger partial charge is 0.168 e. The van der Waals surface area contributed by atoms with Gasteiger partial charge in [-0.3, -0.25) is 9.48 Å². The first kappa shape index (κ1) is 15.3. The van der Waals surface area contributed by atoms with Crippen LogP contribution < -0.4 is 0 Å². The van der Waals surface area contributed by atoms with Crippen molar-refractivity contribution in [2.45, 2.75) is 24.7 Å². The number of ketones is 1. The van der Waals surface area contributed by atoms with Gasteiger partial charge in [-0.05, 0) is 40.7 Å². The number of aryl methyl sites for hydroxylation is 2. The minimum atomic E-state index is 0.115. The molecule has 0 spiro atoms. The Bertz CT molecular complexity index is 620. The summed E-state index contributed by atoms with van der Waals surface area (Å²) in [6.45, 7) is 2.06. The molecular formula is C15H17BrN2OS. The molecule has 1 aromatic carbocycles. The number of hydrogen-bond acceptors (Lipinski definition) is 3. The van der Waals surface area contributed by atoms with Crippen molar-refractivity contribution in [1.82, 2.24) is 9.78 Å². The number of carbonyl (C=O) groups excluding carboxylic acids is 1. The molecule has 0 radical (unpaired) electrons. The minimum Gasteiger partial charge on any atom is -0.294 e. The van der Waals surface area contributed by atoms with E-state index in [1.807, 2.05) is 37.6 Å². The van der Waals surface area contributed by atoms with Gasteiger partial charge < -0.3 is 0 Å². The SMILES string of the molecule is CCc1nn(C)c(CC(=O)c2ccc(SC)cc2)c1Br. The molecule has 1 heterocycles. The molecule has 0 saturated heterocycles. The summed E-state index contributed by atoms with van der Waals surface area (Å²) in [5, 5.41) is 4.42. The molecule has 0 saturated carbocycles. The molecule has 0 aliphatic rings. The summed E-state index contributed by atoms with van der Waals surface area (Å²) >= 11 is 5.22. The zero-order valence-electron chi connectivity index (χ0n) is 11.8. The molecule has 0 N–H and O–H groups in total. The lowest BCUT2D eigenvalue weighted by atomic mass is 10.1. The lowest BCUT2D eigenvalue weighted by molar-refractivity contribution is 0.0990. The van der Waals surface area contributed by atoms with E-state index < -0.39 is 0 Å². The summed E-state index contributed by atoms with van der Waals surface area (Å²) in [7, 11) is 1.88. The number of nitrogens with zero attached hydrogens (tertiary/aromatic N) is 2. The van der Waals surface area contributed by atoms with Gasteiger partial charge in [0.25, 0.3) is 0 Å². The highest BCUT2D eigenvalue weighted by Gasteiger charge is 2.16. The number of benzene rings is 1. The zero-order chi connectivity index (χ0) is 14.7. The summed E-state index contributed by atoms with van der Waals surface area (Å²) in [6.07, 6.45) is 3.24. The normalized spacial score (nSPS) is 10.8. The molecule has 5 heteroatoms. The Morgan fingerprint density at radius 3 is 2.50 bits per heavy atom. The van der Waals surface area contributed by atoms with E-state index in [2.05, 4.69) is 28.0 Å². The maximum Gasteiger partial charge on any atom is 0.168 e. The second kappa shape index (κ2) is 6.59. The second-order valence-corrected chi connectivity index (χ2v) is 6.19. The molecule has 2 aromatic rings. The van der Waals surface area contributed by atoms with Crippen molar-refractivity contribution in [3.8, 4) is 0 Å². The van der Waals surface area contributed by atoms with E-state index >= 15 is 0 Å². The molecule has 0 amide bonds. The van der Waals surface area contributed by atoms with Crippen molar-refractivity contribution < 1.29 is 4.79 Å². The Morgan fingerprint density at radius 1 is 1.35 bits per heavy atom. The third-order valence-electron chi connectivity index (χ3n) is 3.24. The molecule has 3 nitrogen and oxygen atoms in total. The third-order valence-corrected chi connectivity index (χ3v) is 4.90. The molecule has 0 aliphatic heterocycles. The van der Waals surface area contributed by atoms with Gasteiger partial charge in [0.15, 0.2) is 5.78 Å². The van der Waals surface area contributed by atoms with Gasteiger partial charge in [0, 0.05) is 17.5 Å². The summed E-state index contributed by atoms with van der Waals surface area (Å²) in [4.78, 5) is 13.5. The van der Waals surface area contributed by atoms with E-state index in [4.69, 9.17) is 0 Å². The van der Waals surface area contributed by atoms with Gasteiger partial charge in [0.1, 0.15) is 0 Å². The summed E-state index contributed by atoms with van der Waals surface area (Å²) < 4.78 is 2.74. The van der Waals surface area contributed by atoms with Crippen molar-refractivity contribution in [3.63, 3.8) is 0 Å². The van der Waals surface area contributed by atoms with E-state index in [9.17, 15) is 4.79 Å². The van der Waals surface area contributed by atoms with E-state index in [1.54, 1.807) is 16.4 Å². The molecule has 0 atom stereocenters. The summed E-state index contributed by atoms with van der Waals surface area (Å²) in [6, 6.07) is 7.74. The van der Waals surface area contributed by atoms with E-state index in [0.717, 1.165) is 32.7 Å². The van der Waals surface area contributed by atoms with Crippen LogP contribution in [0.3, 0.4) is 0 Å². The summed E-state index contributed by atoms with van der Waals surface area (Å²) in [5.74, 6) is 0.115. The number of thioether (sulfide) groups is 1. The van der Waals surface area contributed by atoms with Crippen LogP contribution in [-0.4, -0.2) is 21.8 Å². The maximum atomic E-state index is 12.3. The zero-order valence-corrected chi connectivity index (χ0v) is 14.2. The van der Waals surface area contributed by atoms with Crippen LogP contribution in [0.4, 0.5) is 0 Å². The van der Waals surface area contributed by atoms with Crippen LogP contribution in [0.2, 0.25) is 0 Å². The first-order chi connectivity index (χ1) is 9.56. The van der Waals surface area contributed by atoms with Gasteiger partial charge in [-0.25, -0.2) is 0 Å². The van der Waals surface area contributed by atoms with Gasteiger partial charge in [-0.1, -0.05) is 19.1 Å². The quantitative estimate of drug-likeness (QED) is 0.604. The van der Waals surface area contributed by atoms with E-state index in [0.29, 0.717) is 6.42 Å². The molecule has 1 aromatic heterocycles. The largest absolute Gasteiger partial charge is 0.294 e. The van der Waals surface area contributed by atoms with E-state index in [-0.39, 0.29) is 5.78 Å². The third kappa shape index (κ3) is 3.15. The molecule has 20 heavy (non-hydrogen) atoms. The van der Waals surface area contributed by atoms with Gasteiger partial charge in [0.2, 0.25) is 0 Å². The number of rotatable bonds is 5. The molecule has 0 fully saturated rings. The molecular weight excluding hydrogens is 336 g/mol. The predicted molar refractivity (Wildman–Crippen MR) is 86.5 cm³/mol. The number of aromatic nitrogens is 2. The molecule has 106 valence electrons. The van der Waals surface area contributed by atoms with Crippen LogP contribution in [0.5, 0.6) is 0 Å². The van der Waals surface area contributed by atoms with Crippen molar-refractivity contribution in [3.05, 3.63) is 45.7 Å². The van der Waals surface area contributed by atoms with Crippen molar-refractivity contribution in [2.75, 3.05) is 6.26 Å². The van der Waals surface area contributed by atoms with Crippen LogP contribution in [-0.2, 0) is 19.9 Å². The van der Waals surface area contributed by atoms with Crippen LogP contribution in [0.15, 0.2) is 33.6 Å². The predicted octanol–water partition coefficient (Wildman–Crippen LogP) is 3.89. The minimum absolute atomic E-state index is 0.115. The average molecular weight is 353 g/mol. The van der Waals surface area contributed by atoms with Crippen molar-refractivity contribution in [1.29, 1.82) is 0 Å². The number of halogens is 1. The topological polar surface area (TPSA) is 34.9 Å². The van der Waals surface area contributed by atoms with Crippen LogP contribution in [0, 0.1) is 0 Å². The monoisotopic (exact) mass is 352 g/mol. The average Bonchev–Trinajstić information content (AvgIpc) is 2.74. The van der Waals surface area contributed by atoms with Gasteiger partial charge in [-0.2, -0.15) is 5.10 Å². The molecule has 0 aliphatic carbocycles. The van der Waals surface area contributed by atoms with Crippen molar-refractivity contribution in [2.24, 2.45) is 7.05 Å². The Morgan fingerprint density at radius 2 is 2.00 bits per heavy atom. The lowest BCUT2D eigenvalue weighted by Crippen LogP contribution is -2.08. The first-order valence-electron chi connectivity index (χ1n) is 6.44. The highest BCUT2D eigenvalue weighted by molar-refractivity contribution is 9.10. The fourth-order valence-electron chi connectivity index (χ4n) is 2.04. The molecule has 0 unspecified atom stereocenters. The Hall–Kier alpha value is -1.07. The highest BCUT2D eigenvalue weighted by Crippen LogP contribution is 2.23. The highest BCUT2D eigenvalue weighted by atomic mass is 79.9. The fourth-order valence-corrected chi connectivity index (χ4v) is 3.21. The first-order valence-corrected chi connectivity index (χ1v) is 8.46. The van der Waals surface area contributed by atoms with E-state index in [1.165, 1.54) is 0 Å². The Balaban J connectivity index is 2.20.